The first-order valence-electron chi connectivity index (χ1n) is 11.0. The van der Waals surface area contributed by atoms with Crippen LogP contribution in [0.1, 0.15) is 65.6 Å². The molecule has 2 rings (SSSR count). The van der Waals surface area contributed by atoms with Crippen LogP contribution in [0.5, 0.6) is 5.75 Å². The predicted octanol–water partition coefficient (Wildman–Crippen LogP) is 4.35. The second-order valence-electron chi connectivity index (χ2n) is 9.18. The number of fused-ring (bicyclic) bond motifs is 1. The van der Waals surface area contributed by atoms with Gasteiger partial charge in [-0.25, -0.2) is 4.79 Å². The number of hydrogen-bond acceptors (Lipinski definition) is 5. The molecule has 7 heteroatoms. The Bertz CT molecular complexity index is 957. The average Bonchev–Trinajstić information content (AvgIpc) is 2.68. The van der Waals surface area contributed by atoms with Crippen molar-refractivity contribution in [2.75, 3.05) is 6.61 Å². The summed E-state index contributed by atoms with van der Waals surface area (Å²) in [5.74, 6) is 0.783. The molecule has 0 unspecified atom stereocenters. The standard InChI is InChI=1S/C24H36N2O5/c1-7-8-11-30-21-19-12-17(15-27)9-10-18(19)22(28)26(14-16(2)3)20(21)13-25-23(29)31-24(4,5)6/h9-10,12,16,27H,7-8,11,13-15H2,1-6H3,(H,25,29). The zero-order chi connectivity index (χ0) is 23.2. The minimum absolute atomic E-state index is 0.0949. The largest absolute Gasteiger partial charge is 0.491 e. The number of carbonyl (C=O) groups excluding carboxylic acids is 1. The quantitative estimate of drug-likeness (QED) is 0.575. The maximum Gasteiger partial charge on any atom is 0.407 e. The van der Waals surface area contributed by atoms with Crippen molar-refractivity contribution >= 4 is 16.9 Å². The first kappa shape index (κ1) is 24.7. The highest BCUT2D eigenvalue weighted by molar-refractivity contribution is 5.89. The Morgan fingerprint density at radius 3 is 2.52 bits per heavy atom. The highest BCUT2D eigenvalue weighted by Gasteiger charge is 2.21. The fourth-order valence-corrected chi connectivity index (χ4v) is 3.29. The van der Waals surface area contributed by atoms with Gasteiger partial charge in [0.25, 0.3) is 5.56 Å². The number of hydrogen-bond donors (Lipinski definition) is 2. The molecule has 0 atom stereocenters. The third kappa shape index (κ3) is 6.72. The van der Waals surface area contributed by atoms with Crippen LogP contribution in [0.4, 0.5) is 4.79 Å². The lowest BCUT2D eigenvalue weighted by atomic mass is 10.1. The fourth-order valence-electron chi connectivity index (χ4n) is 3.29. The maximum absolute atomic E-state index is 13.3. The van der Waals surface area contributed by atoms with E-state index in [2.05, 4.69) is 12.2 Å². The number of amides is 1. The lowest BCUT2D eigenvalue weighted by molar-refractivity contribution is 0.0521. The van der Waals surface area contributed by atoms with E-state index in [4.69, 9.17) is 9.47 Å². The van der Waals surface area contributed by atoms with E-state index < -0.39 is 11.7 Å². The summed E-state index contributed by atoms with van der Waals surface area (Å²) in [6.45, 7) is 12.5. The SMILES string of the molecule is CCCCOc1c(CNC(=O)OC(C)(C)C)n(CC(C)C)c(=O)c2ccc(CO)cc12. The van der Waals surface area contributed by atoms with E-state index in [9.17, 15) is 14.7 Å². The van der Waals surface area contributed by atoms with Gasteiger partial charge in [0.2, 0.25) is 0 Å². The molecule has 0 radical (unpaired) electrons. The molecule has 0 fully saturated rings. The molecule has 1 aromatic heterocycles. The molecular weight excluding hydrogens is 396 g/mol. The zero-order valence-electron chi connectivity index (χ0n) is 19.6. The van der Waals surface area contributed by atoms with E-state index in [1.165, 1.54) is 0 Å². The molecular formula is C24H36N2O5. The first-order valence-corrected chi connectivity index (χ1v) is 11.0. The van der Waals surface area contributed by atoms with Gasteiger partial charge in [0.05, 0.1) is 30.8 Å². The zero-order valence-corrected chi connectivity index (χ0v) is 19.6. The van der Waals surface area contributed by atoms with E-state index in [0.29, 0.717) is 40.9 Å². The molecule has 0 aliphatic carbocycles. The molecule has 0 aliphatic rings. The number of rotatable bonds is 9. The minimum Gasteiger partial charge on any atom is -0.491 e. The molecule has 0 saturated carbocycles. The van der Waals surface area contributed by atoms with Gasteiger partial charge in [-0.15, -0.1) is 0 Å². The monoisotopic (exact) mass is 432 g/mol. The molecule has 172 valence electrons. The molecule has 0 spiro atoms. The summed E-state index contributed by atoms with van der Waals surface area (Å²) >= 11 is 0. The Balaban J connectivity index is 2.62. The lowest BCUT2D eigenvalue weighted by Crippen LogP contribution is -2.35. The van der Waals surface area contributed by atoms with Crippen LogP contribution in [-0.4, -0.2) is 28.0 Å². The number of nitrogens with one attached hydrogen (secondary N) is 1. The number of aliphatic hydroxyl groups excluding tert-OH is 1. The molecule has 0 aliphatic heterocycles. The number of ether oxygens (including phenoxy) is 2. The molecule has 1 heterocycles. The number of unbranched alkanes of at least 4 members (excludes halogenated alkanes) is 1. The molecule has 2 aromatic rings. The normalized spacial score (nSPS) is 11.7. The first-order chi connectivity index (χ1) is 14.6. The van der Waals surface area contributed by atoms with Crippen molar-refractivity contribution in [2.45, 2.75) is 79.7 Å². The number of nitrogens with zero attached hydrogens (tertiary/aromatic N) is 1. The summed E-state index contributed by atoms with van der Waals surface area (Å²) < 4.78 is 13.2. The highest BCUT2D eigenvalue weighted by atomic mass is 16.6. The van der Waals surface area contributed by atoms with Crippen molar-refractivity contribution < 1.29 is 19.4 Å². The van der Waals surface area contributed by atoms with Gasteiger partial charge in [0, 0.05) is 11.9 Å². The van der Waals surface area contributed by atoms with Crippen molar-refractivity contribution in [3.05, 3.63) is 39.8 Å². The predicted molar refractivity (Wildman–Crippen MR) is 122 cm³/mol. The van der Waals surface area contributed by atoms with Gasteiger partial charge in [-0.05, 0) is 50.8 Å². The summed E-state index contributed by atoms with van der Waals surface area (Å²) in [6.07, 6.45) is 1.28. The number of carbonyl (C=O) groups is 1. The van der Waals surface area contributed by atoms with E-state index in [1.807, 2.05) is 13.8 Å². The minimum atomic E-state index is -0.623. The van der Waals surface area contributed by atoms with Gasteiger partial charge in [-0.3, -0.25) is 4.79 Å². The van der Waals surface area contributed by atoms with Gasteiger partial charge < -0.3 is 24.5 Å². The molecule has 7 nitrogen and oxygen atoms in total. The van der Waals surface area contributed by atoms with Crippen LogP contribution >= 0.6 is 0 Å². The van der Waals surface area contributed by atoms with Gasteiger partial charge in [0.15, 0.2) is 0 Å². The highest BCUT2D eigenvalue weighted by Crippen LogP contribution is 2.30. The Morgan fingerprint density at radius 2 is 1.94 bits per heavy atom. The molecule has 0 saturated heterocycles. The van der Waals surface area contributed by atoms with Gasteiger partial charge in [0.1, 0.15) is 11.4 Å². The van der Waals surface area contributed by atoms with Crippen LogP contribution in [0.25, 0.3) is 10.8 Å². The van der Waals surface area contributed by atoms with E-state index in [0.717, 1.165) is 12.8 Å². The molecule has 31 heavy (non-hydrogen) atoms. The van der Waals surface area contributed by atoms with Crippen LogP contribution in [0.3, 0.4) is 0 Å². The second-order valence-corrected chi connectivity index (χ2v) is 9.18. The second kappa shape index (κ2) is 10.7. The van der Waals surface area contributed by atoms with E-state index in [-0.39, 0.29) is 24.6 Å². The molecule has 1 amide bonds. The number of pyridine rings is 1. The lowest BCUT2D eigenvalue weighted by Gasteiger charge is -2.23. The number of aromatic nitrogens is 1. The third-order valence-corrected chi connectivity index (χ3v) is 4.67. The number of benzene rings is 1. The summed E-state index contributed by atoms with van der Waals surface area (Å²) in [5.41, 5.74) is 0.529. The Kier molecular flexibility index (Phi) is 8.51. The summed E-state index contributed by atoms with van der Waals surface area (Å²) in [7, 11) is 0. The van der Waals surface area contributed by atoms with Crippen LogP contribution in [0.2, 0.25) is 0 Å². The van der Waals surface area contributed by atoms with Crippen molar-refractivity contribution in [1.29, 1.82) is 0 Å². The Hall–Kier alpha value is -2.54. The topological polar surface area (TPSA) is 89.8 Å². The number of alkyl carbamates (subject to hydrolysis) is 1. The van der Waals surface area contributed by atoms with Crippen LogP contribution < -0.4 is 15.6 Å². The van der Waals surface area contributed by atoms with Gasteiger partial charge in [-0.1, -0.05) is 33.3 Å². The van der Waals surface area contributed by atoms with Gasteiger partial charge >= 0.3 is 6.09 Å². The van der Waals surface area contributed by atoms with Crippen molar-refractivity contribution in [1.82, 2.24) is 9.88 Å². The maximum atomic E-state index is 13.3. The molecule has 0 bridgehead atoms. The van der Waals surface area contributed by atoms with Crippen molar-refractivity contribution in [3.63, 3.8) is 0 Å². The van der Waals surface area contributed by atoms with E-state index >= 15 is 0 Å². The average molecular weight is 433 g/mol. The molecule has 1 aromatic carbocycles. The summed E-state index contributed by atoms with van der Waals surface area (Å²) in [6, 6.07) is 5.27. The van der Waals surface area contributed by atoms with Crippen molar-refractivity contribution in [3.8, 4) is 5.75 Å². The third-order valence-electron chi connectivity index (χ3n) is 4.67. The van der Waals surface area contributed by atoms with E-state index in [1.54, 1.807) is 43.5 Å². The summed E-state index contributed by atoms with van der Waals surface area (Å²) in [4.78, 5) is 25.6. The van der Waals surface area contributed by atoms with Crippen LogP contribution in [0, 0.1) is 5.92 Å². The van der Waals surface area contributed by atoms with Crippen molar-refractivity contribution in [2.24, 2.45) is 5.92 Å². The van der Waals surface area contributed by atoms with Crippen LogP contribution in [0.15, 0.2) is 23.0 Å². The van der Waals surface area contributed by atoms with Gasteiger partial charge in [-0.2, -0.15) is 0 Å². The summed E-state index contributed by atoms with van der Waals surface area (Å²) in [5, 5.41) is 13.6. The Labute approximate surface area is 184 Å². The Morgan fingerprint density at radius 1 is 1.23 bits per heavy atom. The smallest absolute Gasteiger partial charge is 0.407 e. The number of aliphatic hydroxyl groups is 1. The molecule has 2 N–H and O–H groups in total. The fraction of sp³-hybridized carbons (Fsp3) is 0.583. The van der Waals surface area contributed by atoms with Crippen LogP contribution in [-0.2, 0) is 24.4 Å².